The van der Waals surface area contributed by atoms with Gasteiger partial charge in [-0.1, -0.05) is 37.1 Å². The van der Waals surface area contributed by atoms with Gasteiger partial charge in [-0.25, -0.2) is 84.9 Å². The van der Waals surface area contributed by atoms with Crippen molar-refractivity contribution in [2.24, 2.45) is 18.9 Å². The van der Waals surface area contributed by atoms with Crippen molar-refractivity contribution in [2.75, 3.05) is 132 Å². The van der Waals surface area contributed by atoms with Crippen LogP contribution in [0.15, 0.2) is 114 Å². The number of benzene rings is 3. The second-order valence-electron chi connectivity index (χ2n) is 29.1. The zero-order valence-electron chi connectivity index (χ0n) is 64.4. The molecule has 18 rings (SSSR count). The van der Waals surface area contributed by atoms with E-state index in [1.54, 1.807) is 66.7 Å². The van der Waals surface area contributed by atoms with Crippen LogP contribution in [-0.2, 0) is 144 Å². The number of aromatic nitrogens is 6. The Balaban J connectivity index is 0.000000123. The SMILES string of the molecule is C=CCn1c(=O)n(CC2CO2)c(=O)n(CC2CO2)c1=O.Cn1c(=O)n(CC2CO2)c(=O)n(CC2CO2)c1=O.O=C(OCC1CO1)C1CCCCC1C(=O)OCC1CO1.O=C(OCC1CO1)c1ccc(C(=O)OCC2CO2)cc1.O=C(OCC1CO1)c1cccc(C(=O)OCC2CO2)c1.O=C(OCC1CO1)c1ccccc1C(=O)OCC1CO1. The number of carbonyl (C=O) groups is 8. The average molecular weight is 1660 g/mol. The number of esters is 8. The molecule has 12 saturated heterocycles. The van der Waals surface area contributed by atoms with Crippen LogP contribution in [0, 0.1) is 11.8 Å². The summed E-state index contributed by atoms with van der Waals surface area (Å²) in [5.74, 6) is -4.19. The van der Waals surface area contributed by atoms with Crippen molar-refractivity contribution in [3.8, 4) is 0 Å². The summed E-state index contributed by atoms with van der Waals surface area (Å²) < 4.78 is 107. The molecule has 12 aliphatic heterocycles. The lowest BCUT2D eigenvalue weighted by atomic mass is 9.79. The molecule has 14 unspecified atom stereocenters. The Morgan fingerprint density at radius 3 is 0.839 bits per heavy atom. The standard InChI is InChI=1S/2C14H14O6.C14H20O6.C14H14O6.C12H15N3O5.C10H13N3O5/c15-13(19-7-11-5-17-11)9-1-2-10(4-3-9)14(16)20-8-12-6-18-12;15-13(19-7-11-5-17-11)9-2-1-3-10(4-9)14(16)20-8-12-6-18-12;2*15-13(19-7-9-5-17-9)11-3-1-2-4-12(11)14(16)20-8-10-6-18-10;1-2-3-13-10(16)14(4-8-6-19-8)12(18)15(11(13)17)5-9-7-20-9;1-11-8(14)12(2-6-4-17-6)10(16)13(9(11)15)3-7-5-18-7/h2*1-4,11-12H,5-8H2;9-12H,1-8H2;1-4,9-10H,5-8H2;2,8-9H,1,3-7H2;6-7H,2-5H2,1H3. The van der Waals surface area contributed by atoms with E-state index in [1.807, 2.05) is 0 Å². The van der Waals surface area contributed by atoms with Crippen molar-refractivity contribution < 1.29 is 133 Å². The molecule has 3 aromatic carbocycles. The zero-order chi connectivity index (χ0) is 82.9. The van der Waals surface area contributed by atoms with Gasteiger partial charge in [0.2, 0.25) is 0 Å². The molecule has 0 spiro atoms. The molecule has 0 radical (unpaired) electrons. The molecule has 14 heterocycles. The minimum absolute atomic E-state index is 0.00919. The molecule has 14 atom stereocenters. The van der Waals surface area contributed by atoms with Crippen molar-refractivity contribution >= 4 is 47.8 Å². The number of hydrogen-bond donors (Lipinski definition) is 0. The Hall–Kier alpha value is -10.5. The molecule has 40 nitrogen and oxygen atoms in total. The van der Waals surface area contributed by atoms with Gasteiger partial charge in [0.1, 0.15) is 102 Å². The van der Waals surface area contributed by atoms with Crippen molar-refractivity contribution in [1.29, 1.82) is 0 Å². The van der Waals surface area contributed by atoms with Gasteiger partial charge in [-0.2, -0.15) is 0 Å². The molecular formula is C78H90N6O34. The number of allylic oxidation sites excluding steroid dienone is 1. The van der Waals surface area contributed by atoms with Crippen molar-refractivity contribution in [3.63, 3.8) is 0 Å². The molecule has 40 heteroatoms. The molecule has 2 aromatic heterocycles. The highest BCUT2D eigenvalue weighted by Gasteiger charge is 2.41. The Bertz CT molecular complexity index is 4530. The van der Waals surface area contributed by atoms with Gasteiger partial charge >= 0.3 is 81.9 Å². The molecular weight excluding hydrogens is 1560 g/mol. The van der Waals surface area contributed by atoms with Crippen molar-refractivity contribution in [3.05, 3.63) is 182 Å². The Labute approximate surface area is 670 Å². The van der Waals surface area contributed by atoms with Gasteiger partial charge in [-0.15, -0.1) is 6.58 Å². The molecule has 1 saturated carbocycles. The van der Waals surface area contributed by atoms with Crippen LogP contribution in [-0.4, -0.2) is 281 Å². The summed E-state index contributed by atoms with van der Waals surface area (Å²) in [7, 11) is 1.36. The first-order valence-electron chi connectivity index (χ1n) is 38.6. The fraction of sp³-hybridized carbons (Fsp3) is 0.564. The average Bonchev–Trinajstić information content (AvgIpc) is 1.31. The lowest BCUT2D eigenvalue weighted by Gasteiger charge is -2.28. The van der Waals surface area contributed by atoms with Crippen LogP contribution in [0.1, 0.15) is 87.8 Å². The molecule has 0 bridgehead atoms. The summed E-state index contributed by atoms with van der Waals surface area (Å²) in [6.45, 7) is 13.5. The van der Waals surface area contributed by atoms with Gasteiger partial charge in [0.15, 0.2) is 0 Å². The monoisotopic (exact) mass is 1650 g/mol. The van der Waals surface area contributed by atoms with E-state index in [4.69, 9.17) is 94.7 Å². The lowest BCUT2D eigenvalue weighted by Crippen LogP contribution is -2.55. The normalized spacial score (nSPS) is 25.5. The number of hydrogen-bond acceptors (Lipinski definition) is 34. The molecule has 13 fully saturated rings. The Morgan fingerprint density at radius 1 is 0.322 bits per heavy atom. The second-order valence-corrected chi connectivity index (χ2v) is 29.1. The van der Waals surface area contributed by atoms with Gasteiger partial charge in [-0.05, 0) is 67.4 Å². The van der Waals surface area contributed by atoms with E-state index < -0.39 is 70.0 Å². The number of epoxide rings is 12. The van der Waals surface area contributed by atoms with Gasteiger partial charge in [0.05, 0.1) is 182 Å². The summed E-state index contributed by atoms with van der Waals surface area (Å²) in [5, 5.41) is 0. The quantitative estimate of drug-likeness (QED) is 0.0201. The highest BCUT2D eigenvalue weighted by atomic mass is 16.7. The summed E-state index contributed by atoms with van der Waals surface area (Å²) in [4.78, 5) is 167. The molecule has 636 valence electrons. The largest absolute Gasteiger partial charge is 0.463 e. The summed E-state index contributed by atoms with van der Waals surface area (Å²) in [6.07, 6.45) is 4.52. The minimum atomic E-state index is -0.622. The highest BCUT2D eigenvalue weighted by Crippen LogP contribution is 2.33. The maximum atomic E-state index is 12.3. The second kappa shape index (κ2) is 40.3. The first kappa shape index (κ1) is 85.4. The van der Waals surface area contributed by atoms with E-state index in [0.29, 0.717) is 128 Å². The number of ether oxygens (including phenoxy) is 20. The Kier molecular flexibility index (Phi) is 29.2. The molecule has 1 aliphatic carbocycles. The van der Waals surface area contributed by atoms with Gasteiger partial charge in [0, 0.05) is 7.05 Å². The van der Waals surface area contributed by atoms with Crippen LogP contribution in [0.3, 0.4) is 0 Å². The van der Waals surface area contributed by atoms with Crippen LogP contribution in [0.25, 0.3) is 0 Å². The van der Waals surface area contributed by atoms with Gasteiger partial charge < -0.3 is 94.7 Å². The maximum absolute atomic E-state index is 12.3. The van der Waals surface area contributed by atoms with Crippen LogP contribution >= 0.6 is 0 Å². The molecule has 13 aliphatic rings. The van der Waals surface area contributed by atoms with Gasteiger partial charge in [0.25, 0.3) is 0 Å². The fourth-order valence-corrected chi connectivity index (χ4v) is 11.3. The van der Waals surface area contributed by atoms with E-state index in [-0.39, 0.29) is 181 Å². The van der Waals surface area contributed by atoms with Gasteiger partial charge in [-0.3, -0.25) is 9.59 Å². The topological polar surface area (TPSA) is 493 Å². The predicted octanol–water partition coefficient (Wildman–Crippen LogP) is -1.27. The number of rotatable bonds is 34. The summed E-state index contributed by atoms with van der Waals surface area (Å²) >= 11 is 0. The van der Waals surface area contributed by atoms with Crippen LogP contribution in [0.2, 0.25) is 0 Å². The third-order valence-electron chi connectivity index (χ3n) is 19.2. The van der Waals surface area contributed by atoms with E-state index in [9.17, 15) is 67.1 Å². The smallest absolute Gasteiger partial charge is 0.339 e. The molecule has 0 N–H and O–H groups in total. The zero-order valence-corrected chi connectivity index (χ0v) is 64.4. The van der Waals surface area contributed by atoms with Crippen LogP contribution in [0.4, 0.5) is 0 Å². The number of carbonyl (C=O) groups excluding carboxylic acids is 8. The van der Waals surface area contributed by atoms with Crippen LogP contribution in [0.5, 0.6) is 0 Å². The third kappa shape index (κ3) is 27.0. The number of nitrogens with zero attached hydrogens (tertiary/aromatic N) is 6. The van der Waals surface area contributed by atoms with Crippen LogP contribution < -0.4 is 34.1 Å². The first-order chi connectivity index (χ1) is 57.1. The summed E-state index contributed by atoms with van der Waals surface area (Å²) in [5.41, 5.74) is -1.80. The minimum Gasteiger partial charge on any atom is -0.463 e. The van der Waals surface area contributed by atoms with E-state index in [0.717, 1.165) is 40.2 Å². The lowest BCUT2D eigenvalue weighted by molar-refractivity contribution is -0.163. The van der Waals surface area contributed by atoms with Crippen molar-refractivity contribution in [1.82, 2.24) is 27.4 Å². The first-order valence-corrected chi connectivity index (χ1v) is 38.6. The molecule has 5 aromatic rings. The van der Waals surface area contributed by atoms with E-state index >= 15 is 0 Å². The van der Waals surface area contributed by atoms with E-state index in [2.05, 4.69) is 6.58 Å². The third-order valence-corrected chi connectivity index (χ3v) is 19.2. The highest BCUT2D eigenvalue weighted by molar-refractivity contribution is 6.03. The molecule has 118 heavy (non-hydrogen) atoms. The van der Waals surface area contributed by atoms with E-state index in [1.165, 1.54) is 19.2 Å². The maximum Gasteiger partial charge on any atom is 0.339 e. The van der Waals surface area contributed by atoms with Crippen molar-refractivity contribution in [2.45, 2.75) is 132 Å². The molecule has 0 amide bonds. The fourth-order valence-electron chi connectivity index (χ4n) is 11.3. The predicted molar refractivity (Wildman–Crippen MR) is 395 cm³/mol. The Morgan fingerprint density at radius 2 is 0.568 bits per heavy atom. The summed E-state index contributed by atoms with van der Waals surface area (Å²) in [6, 6.07) is 18.9.